The molecule has 0 radical (unpaired) electrons. The first-order chi connectivity index (χ1) is 14.2. The number of anilines is 1. The van der Waals surface area contributed by atoms with E-state index < -0.39 is 0 Å². The number of aromatic nitrogens is 2. The van der Waals surface area contributed by atoms with Crippen LogP contribution in [-0.4, -0.2) is 15.9 Å². The van der Waals surface area contributed by atoms with Crippen LogP contribution in [0.5, 0.6) is 0 Å². The molecule has 3 aromatic carbocycles. The van der Waals surface area contributed by atoms with Crippen LogP contribution in [0, 0.1) is 6.92 Å². The number of nitrogens with zero attached hydrogens (tertiary/aromatic N) is 1. The van der Waals surface area contributed by atoms with Gasteiger partial charge >= 0.3 is 0 Å². The summed E-state index contributed by atoms with van der Waals surface area (Å²) in [6.45, 7) is 2.08. The molecule has 0 aliphatic carbocycles. The highest BCUT2D eigenvalue weighted by Crippen LogP contribution is 2.29. The normalized spacial score (nSPS) is 11.1. The number of aryl methyl sites for hydroxylation is 1. The van der Waals surface area contributed by atoms with Gasteiger partial charge in [0.2, 0.25) is 0 Å². The Morgan fingerprint density at radius 3 is 2.72 bits per heavy atom. The molecule has 0 unspecified atom stereocenters. The molecule has 5 rings (SSSR count). The van der Waals surface area contributed by atoms with E-state index in [0.29, 0.717) is 5.56 Å². The lowest BCUT2D eigenvalue weighted by atomic mass is 9.98. The predicted octanol–water partition coefficient (Wildman–Crippen LogP) is 5.94. The molecule has 0 fully saturated rings. The molecule has 0 atom stereocenters. The van der Waals surface area contributed by atoms with Crippen molar-refractivity contribution in [2.75, 3.05) is 5.32 Å². The van der Waals surface area contributed by atoms with Crippen LogP contribution in [0.3, 0.4) is 0 Å². The molecule has 4 heteroatoms. The molecular formula is C25H19N3O. The molecule has 0 spiro atoms. The summed E-state index contributed by atoms with van der Waals surface area (Å²) in [6, 6.07) is 22.0. The van der Waals surface area contributed by atoms with Gasteiger partial charge in [-0.1, -0.05) is 24.3 Å². The minimum atomic E-state index is -0.126. The van der Waals surface area contributed by atoms with Crippen LogP contribution >= 0.6 is 0 Å². The number of fused-ring (bicyclic) bond motifs is 2. The largest absolute Gasteiger partial charge is 0.361 e. The Morgan fingerprint density at radius 1 is 0.897 bits per heavy atom. The first kappa shape index (κ1) is 17.2. The molecule has 0 saturated carbocycles. The first-order valence-electron chi connectivity index (χ1n) is 9.51. The average Bonchev–Trinajstić information content (AvgIpc) is 3.22. The van der Waals surface area contributed by atoms with Gasteiger partial charge in [-0.05, 0) is 76.9 Å². The molecule has 2 N–H and O–H groups in total. The van der Waals surface area contributed by atoms with E-state index in [1.807, 2.05) is 60.9 Å². The Balaban J connectivity index is 1.47. The predicted molar refractivity (Wildman–Crippen MR) is 118 cm³/mol. The van der Waals surface area contributed by atoms with Crippen LogP contribution < -0.4 is 5.32 Å². The summed E-state index contributed by atoms with van der Waals surface area (Å²) in [6.07, 6.45) is 5.54. The van der Waals surface area contributed by atoms with Gasteiger partial charge in [-0.3, -0.25) is 9.78 Å². The van der Waals surface area contributed by atoms with Crippen molar-refractivity contribution < 1.29 is 4.79 Å². The highest BCUT2D eigenvalue weighted by Gasteiger charge is 2.10. The van der Waals surface area contributed by atoms with Crippen molar-refractivity contribution in [1.29, 1.82) is 0 Å². The summed E-state index contributed by atoms with van der Waals surface area (Å²) < 4.78 is 0. The summed E-state index contributed by atoms with van der Waals surface area (Å²) in [5.41, 5.74) is 5.69. The lowest BCUT2D eigenvalue weighted by Crippen LogP contribution is -2.11. The van der Waals surface area contributed by atoms with Crippen LogP contribution in [0.4, 0.5) is 5.69 Å². The van der Waals surface area contributed by atoms with Gasteiger partial charge in [0.15, 0.2) is 0 Å². The van der Waals surface area contributed by atoms with Crippen molar-refractivity contribution in [3.63, 3.8) is 0 Å². The number of benzene rings is 3. The second-order valence-corrected chi connectivity index (χ2v) is 7.20. The zero-order valence-electron chi connectivity index (χ0n) is 15.9. The first-order valence-corrected chi connectivity index (χ1v) is 9.51. The van der Waals surface area contributed by atoms with Gasteiger partial charge in [-0.15, -0.1) is 0 Å². The van der Waals surface area contributed by atoms with Crippen LogP contribution in [0.25, 0.3) is 32.8 Å². The van der Waals surface area contributed by atoms with E-state index in [2.05, 4.69) is 40.4 Å². The highest BCUT2D eigenvalue weighted by atomic mass is 16.1. The zero-order chi connectivity index (χ0) is 19.8. The van der Waals surface area contributed by atoms with Gasteiger partial charge in [0.1, 0.15) is 0 Å². The van der Waals surface area contributed by atoms with E-state index in [-0.39, 0.29) is 5.91 Å². The number of rotatable bonds is 3. The number of carbonyl (C=O) groups excluding carboxylic acids is 1. The number of nitrogens with one attached hydrogen (secondary N) is 2. The lowest BCUT2D eigenvalue weighted by Gasteiger charge is -2.11. The summed E-state index contributed by atoms with van der Waals surface area (Å²) in [4.78, 5) is 20.1. The second-order valence-electron chi connectivity index (χ2n) is 7.20. The third-order valence-electron chi connectivity index (χ3n) is 5.26. The molecule has 5 aromatic rings. The molecule has 0 aliphatic heterocycles. The van der Waals surface area contributed by atoms with E-state index in [0.717, 1.165) is 44.1 Å². The summed E-state index contributed by atoms with van der Waals surface area (Å²) in [5.74, 6) is -0.126. The van der Waals surface area contributed by atoms with Crippen molar-refractivity contribution in [1.82, 2.24) is 9.97 Å². The van der Waals surface area contributed by atoms with Gasteiger partial charge in [-0.2, -0.15) is 0 Å². The van der Waals surface area contributed by atoms with Crippen molar-refractivity contribution in [2.24, 2.45) is 0 Å². The van der Waals surface area contributed by atoms with Crippen LogP contribution in [0.1, 0.15) is 15.9 Å². The molecule has 0 aliphatic rings. The van der Waals surface area contributed by atoms with Crippen molar-refractivity contribution in [3.8, 4) is 11.1 Å². The number of carbonyl (C=O) groups is 1. The van der Waals surface area contributed by atoms with E-state index in [9.17, 15) is 4.79 Å². The zero-order valence-corrected chi connectivity index (χ0v) is 15.9. The Labute approximate surface area is 168 Å². The summed E-state index contributed by atoms with van der Waals surface area (Å²) in [7, 11) is 0. The lowest BCUT2D eigenvalue weighted by molar-refractivity contribution is 0.102. The van der Waals surface area contributed by atoms with Crippen LogP contribution in [0.15, 0.2) is 85.3 Å². The minimum absolute atomic E-state index is 0.126. The number of aromatic amines is 1. The molecule has 0 saturated heterocycles. The fourth-order valence-corrected chi connectivity index (χ4v) is 3.66. The average molecular weight is 377 g/mol. The maximum Gasteiger partial charge on any atom is 0.255 e. The number of hydrogen-bond acceptors (Lipinski definition) is 2. The number of pyridine rings is 1. The molecule has 2 aromatic heterocycles. The number of hydrogen-bond donors (Lipinski definition) is 2. The van der Waals surface area contributed by atoms with Crippen molar-refractivity contribution >= 4 is 33.3 Å². The smallest absolute Gasteiger partial charge is 0.255 e. The van der Waals surface area contributed by atoms with Gasteiger partial charge in [0, 0.05) is 40.7 Å². The van der Waals surface area contributed by atoms with Crippen molar-refractivity contribution in [2.45, 2.75) is 6.92 Å². The van der Waals surface area contributed by atoms with E-state index in [1.165, 1.54) is 0 Å². The third kappa shape index (κ3) is 3.25. The van der Waals surface area contributed by atoms with E-state index in [4.69, 9.17) is 0 Å². The molecular weight excluding hydrogens is 358 g/mol. The Kier molecular flexibility index (Phi) is 4.10. The molecule has 140 valence electrons. The Morgan fingerprint density at radius 2 is 1.79 bits per heavy atom. The topological polar surface area (TPSA) is 57.8 Å². The van der Waals surface area contributed by atoms with Crippen LogP contribution in [-0.2, 0) is 0 Å². The van der Waals surface area contributed by atoms with E-state index in [1.54, 1.807) is 6.20 Å². The van der Waals surface area contributed by atoms with Crippen molar-refractivity contribution in [3.05, 3.63) is 96.4 Å². The summed E-state index contributed by atoms with van der Waals surface area (Å²) >= 11 is 0. The maximum atomic E-state index is 12.8. The number of H-pyrrole nitrogens is 1. The number of amides is 1. The Hall–Kier alpha value is -3.92. The standard InChI is InChI=1S/C25H19N3O/c1-16-2-7-22(28-25(29)20-6-4-18-9-11-27-24(18)13-20)14-23(16)19-5-3-17-8-10-26-15-21(17)12-19/h2-15,27H,1H3,(H,28,29). The fraction of sp³-hybridized carbons (Fsp3) is 0.0400. The van der Waals surface area contributed by atoms with Crippen LogP contribution in [0.2, 0.25) is 0 Å². The minimum Gasteiger partial charge on any atom is -0.361 e. The molecule has 4 nitrogen and oxygen atoms in total. The second kappa shape index (κ2) is 6.91. The molecule has 1 amide bonds. The molecule has 29 heavy (non-hydrogen) atoms. The monoisotopic (exact) mass is 377 g/mol. The van der Waals surface area contributed by atoms with Gasteiger partial charge in [-0.25, -0.2) is 0 Å². The molecule has 2 heterocycles. The van der Waals surface area contributed by atoms with Gasteiger partial charge in [0.25, 0.3) is 5.91 Å². The summed E-state index contributed by atoms with van der Waals surface area (Å²) in [5, 5.41) is 6.37. The van der Waals surface area contributed by atoms with Gasteiger partial charge in [0.05, 0.1) is 0 Å². The van der Waals surface area contributed by atoms with Gasteiger partial charge < -0.3 is 10.3 Å². The quantitative estimate of drug-likeness (QED) is 0.408. The fourth-order valence-electron chi connectivity index (χ4n) is 3.66. The molecule has 0 bridgehead atoms. The SMILES string of the molecule is Cc1ccc(NC(=O)c2ccc3cc[nH]c3c2)cc1-c1ccc2ccncc2c1. The third-order valence-corrected chi connectivity index (χ3v) is 5.26. The maximum absolute atomic E-state index is 12.8. The Bertz CT molecular complexity index is 1370. The highest BCUT2D eigenvalue weighted by molar-refractivity contribution is 6.06. The van der Waals surface area contributed by atoms with E-state index >= 15 is 0 Å².